The largest absolute Gasteiger partial charge is 0.356 e. The van der Waals surface area contributed by atoms with Crippen LogP contribution in [0.5, 0.6) is 0 Å². The first-order valence-electron chi connectivity index (χ1n) is 8.98. The molecule has 7 heteroatoms. The van der Waals surface area contributed by atoms with Gasteiger partial charge in [0.2, 0.25) is 5.91 Å². The lowest BCUT2D eigenvalue weighted by atomic mass is 9.70. The Balaban J connectivity index is 1.52. The zero-order valence-electron chi connectivity index (χ0n) is 14.7. The van der Waals surface area contributed by atoms with E-state index in [0.717, 1.165) is 24.8 Å². The Kier molecular flexibility index (Phi) is 4.61. The van der Waals surface area contributed by atoms with Crippen LogP contribution in [-0.2, 0) is 24.2 Å². The highest BCUT2D eigenvalue weighted by Gasteiger charge is 2.44. The molecule has 1 saturated heterocycles. The van der Waals surface area contributed by atoms with Crippen LogP contribution in [0.3, 0.4) is 0 Å². The molecule has 2 aliphatic rings. The second-order valence-corrected chi connectivity index (χ2v) is 7.71. The first kappa shape index (κ1) is 17.9. The van der Waals surface area contributed by atoms with Crippen LogP contribution in [0.25, 0.3) is 0 Å². The maximum Gasteiger partial charge on any atom is 0.277 e. The van der Waals surface area contributed by atoms with Crippen LogP contribution in [0.2, 0.25) is 5.02 Å². The number of rotatable bonds is 3. The van der Waals surface area contributed by atoms with E-state index in [-0.39, 0.29) is 17.9 Å². The Morgan fingerprint density at radius 1 is 1.26 bits per heavy atom. The van der Waals surface area contributed by atoms with E-state index in [1.165, 1.54) is 11.8 Å². The number of benzene rings is 1. The highest BCUT2D eigenvalue weighted by molar-refractivity contribution is 6.30. The molecule has 2 heterocycles. The average molecular weight is 386 g/mol. The van der Waals surface area contributed by atoms with Crippen LogP contribution >= 0.6 is 11.6 Å². The van der Waals surface area contributed by atoms with Gasteiger partial charge in [0.1, 0.15) is 0 Å². The van der Waals surface area contributed by atoms with E-state index in [0.29, 0.717) is 34.3 Å². The van der Waals surface area contributed by atoms with Gasteiger partial charge < -0.3 is 5.32 Å². The number of pyridine rings is 1. The van der Waals surface area contributed by atoms with Gasteiger partial charge in [-0.2, -0.15) is 0 Å². The zero-order chi connectivity index (χ0) is 19.0. The molecular formula is C20H20ClN3O3. The fraction of sp³-hybridized carbons (Fsp3) is 0.350. The number of aryl methyl sites for hydroxylation is 1. The lowest BCUT2D eigenvalue weighted by Gasteiger charge is -2.32. The van der Waals surface area contributed by atoms with Crippen molar-refractivity contribution >= 4 is 23.4 Å². The standard InChI is InChI=1S/C20H20ClN3O3/c21-16-3-4-17(23-11-16)12-24(27)18(25)14-2-1-13-5-6-20(10-15(13)9-14)7-8-22-19(20)26/h1-4,9,11,27H,5-8,10,12H2,(H,22,26)/t20-/m1/s1. The van der Waals surface area contributed by atoms with Crippen LogP contribution in [-0.4, -0.2) is 33.6 Å². The first-order chi connectivity index (χ1) is 13.0. The number of nitrogens with one attached hydrogen (secondary N) is 1. The van der Waals surface area contributed by atoms with Crippen LogP contribution in [0.1, 0.15) is 40.0 Å². The molecule has 0 radical (unpaired) electrons. The molecule has 27 heavy (non-hydrogen) atoms. The van der Waals surface area contributed by atoms with E-state index in [2.05, 4.69) is 10.3 Å². The summed E-state index contributed by atoms with van der Waals surface area (Å²) in [4.78, 5) is 29.0. The smallest absolute Gasteiger partial charge is 0.277 e. The minimum atomic E-state index is -0.495. The average Bonchev–Trinajstić information content (AvgIpc) is 3.02. The van der Waals surface area contributed by atoms with E-state index < -0.39 is 5.91 Å². The summed E-state index contributed by atoms with van der Waals surface area (Å²) in [6.45, 7) is 0.685. The molecule has 6 nitrogen and oxygen atoms in total. The van der Waals surface area contributed by atoms with Crippen LogP contribution in [0.15, 0.2) is 36.5 Å². The fourth-order valence-electron chi connectivity index (χ4n) is 3.99. The molecule has 2 aromatic rings. The molecule has 4 rings (SSSR count). The maximum absolute atomic E-state index is 12.6. The SMILES string of the molecule is O=C(c1ccc2c(c1)C[C@]1(CCNC1=O)CC2)N(O)Cc1ccc(Cl)cn1. The third kappa shape index (κ3) is 3.42. The molecule has 1 atom stereocenters. The number of carbonyl (C=O) groups is 2. The third-order valence-corrected chi connectivity index (χ3v) is 5.78. The second kappa shape index (κ2) is 6.94. The number of halogens is 1. The van der Waals surface area contributed by atoms with Crippen LogP contribution in [0.4, 0.5) is 0 Å². The minimum absolute atomic E-state index is 0.0283. The number of hydrogen-bond donors (Lipinski definition) is 2. The third-order valence-electron chi connectivity index (χ3n) is 5.56. The van der Waals surface area contributed by atoms with Gasteiger partial charge in [0.05, 0.1) is 22.7 Å². The van der Waals surface area contributed by atoms with Crippen molar-refractivity contribution in [2.75, 3.05) is 6.54 Å². The van der Waals surface area contributed by atoms with Gasteiger partial charge in [0.25, 0.3) is 5.91 Å². The molecule has 0 saturated carbocycles. The number of fused-ring (bicyclic) bond motifs is 1. The van der Waals surface area contributed by atoms with E-state index in [1.807, 2.05) is 12.1 Å². The van der Waals surface area contributed by atoms with Crippen molar-refractivity contribution in [2.24, 2.45) is 5.41 Å². The lowest BCUT2D eigenvalue weighted by molar-refractivity contribution is -0.128. The highest BCUT2D eigenvalue weighted by Crippen LogP contribution is 2.41. The summed E-state index contributed by atoms with van der Waals surface area (Å²) in [6.07, 6.45) is 4.61. The van der Waals surface area contributed by atoms with E-state index in [9.17, 15) is 14.8 Å². The van der Waals surface area contributed by atoms with Gasteiger partial charge in [-0.3, -0.25) is 19.8 Å². The van der Waals surface area contributed by atoms with Crippen molar-refractivity contribution in [2.45, 2.75) is 32.2 Å². The second-order valence-electron chi connectivity index (χ2n) is 7.28. The summed E-state index contributed by atoms with van der Waals surface area (Å²) in [7, 11) is 0. The van der Waals surface area contributed by atoms with Gasteiger partial charge >= 0.3 is 0 Å². The van der Waals surface area contributed by atoms with Gasteiger partial charge in [-0.15, -0.1) is 0 Å². The number of hydroxylamine groups is 2. The molecule has 2 N–H and O–H groups in total. The van der Waals surface area contributed by atoms with Gasteiger partial charge in [-0.1, -0.05) is 17.7 Å². The summed E-state index contributed by atoms with van der Waals surface area (Å²) in [5, 5.41) is 14.3. The van der Waals surface area contributed by atoms with Crippen molar-refractivity contribution in [1.82, 2.24) is 15.4 Å². The molecule has 2 amide bonds. The van der Waals surface area contributed by atoms with Crippen LogP contribution in [0, 0.1) is 5.41 Å². The first-order valence-corrected chi connectivity index (χ1v) is 9.36. The minimum Gasteiger partial charge on any atom is -0.356 e. The van der Waals surface area contributed by atoms with Gasteiger partial charge in [0.15, 0.2) is 0 Å². The van der Waals surface area contributed by atoms with Crippen LogP contribution < -0.4 is 5.32 Å². The van der Waals surface area contributed by atoms with Gasteiger partial charge in [-0.05, 0) is 61.1 Å². The molecule has 140 valence electrons. The predicted molar refractivity (Wildman–Crippen MR) is 99.4 cm³/mol. The molecular weight excluding hydrogens is 366 g/mol. The summed E-state index contributed by atoms with van der Waals surface area (Å²) >= 11 is 5.80. The lowest BCUT2D eigenvalue weighted by Crippen LogP contribution is -2.36. The Hall–Kier alpha value is -2.44. The molecule has 1 aromatic carbocycles. The van der Waals surface area contributed by atoms with E-state index in [1.54, 1.807) is 18.2 Å². The number of amides is 2. The van der Waals surface area contributed by atoms with Crippen molar-refractivity contribution in [3.05, 3.63) is 63.9 Å². The molecule has 1 aliphatic heterocycles. The normalized spacial score (nSPS) is 21.0. The van der Waals surface area contributed by atoms with Crippen molar-refractivity contribution in [3.63, 3.8) is 0 Å². The molecule has 1 aromatic heterocycles. The quantitative estimate of drug-likeness (QED) is 0.628. The molecule has 0 bridgehead atoms. The van der Waals surface area contributed by atoms with Gasteiger partial charge in [-0.25, -0.2) is 5.06 Å². The molecule has 1 spiro atoms. The summed E-state index contributed by atoms with van der Waals surface area (Å²) in [5.74, 6) is -0.382. The summed E-state index contributed by atoms with van der Waals surface area (Å²) in [5.41, 5.74) is 2.78. The van der Waals surface area contributed by atoms with Crippen molar-refractivity contribution in [3.8, 4) is 0 Å². The van der Waals surface area contributed by atoms with E-state index in [4.69, 9.17) is 11.6 Å². The predicted octanol–water partition coefficient (Wildman–Crippen LogP) is 2.76. The number of hydrogen-bond acceptors (Lipinski definition) is 4. The Labute approximate surface area is 162 Å². The summed E-state index contributed by atoms with van der Waals surface area (Å²) in [6, 6.07) is 8.78. The number of carbonyl (C=O) groups excluding carboxylic acids is 2. The Bertz CT molecular complexity index is 900. The van der Waals surface area contributed by atoms with Gasteiger partial charge in [0, 0.05) is 18.3 Å². The maximum atomic E-state index is 12.6. The number of nitrogens with zero attached hydrogens (tertiary/aromatic N) is 2. The Morgan fingerprint density at radius 2 is 2.11 bits per heavy atom. The molecule has 1 aliphatic carbocycles. The molecule has 1 fully saturated rings. The zero-order valence-corrected chi connectivity index (χ0v) is 15.5. The van der Waals surface area contributed by atoms with Crippen molar-refractivity contribution < 1.29 is 14.8 Å². The summed E-state index contributed by atoms with van der Waals surface area (Å²) < 4.78 is 0. The van der Waals surface area contributed by atoms with E-state index >= 15 is 0 Å². The highest BCUT2D eigenvalue weighted by atomic mass is 35.5. The molecule has 0 unspecified atom stereocenters. The topological polar surface area (TPSA) is 82.5 Å². The number of aromatic nitrogens is 1. The fourth-order valence-corrected chi connectivity index (χ4v) is 4.10. The Morgan fingerprint density at radius 3 is 2.81 bits per heavy atom. The van der Waals surface area contributed by atoms with Crippen molar-refractivity contribution in [1.29, 1.82) is 0 Å². The monoisotopic (exact) mass is 385 g/mol.